The molecule has 1 N–H and O–H groups in total. The number of quaternary nitrogens is 1. The molecule has 0 unspecified atom stereocenters. The summed E-state index contributed by atoms with van der Waals surface area (Å²) >= 11 is 5.93. The van der Waals surface area contributed by atoms with Crippen molar-refractivity contribution < 1.29 is 19.6 Å². The van der Waals surface area contributed by atoms with Crippen molar-refractivity contribution in [1.82, 2.24) is 4.90 Å². The van der Waals surface area contributed by atoms with Gasteiger partial charge in [-0.25, -0.2) is 0 Å². The summed E-state index contributed by atoms with van der Waals surface area (Å²) in [5, 5.41) is 12.3. The zero-order valence-electron chi connectivity index (χ0n) is 14.6. The highest BCUT2D eigenvalue weighted by Gasteiger charge is 2.50. The van der Waals surface area contributed by atoms with E-state index in [1.165, 1.54) is 10.5 Å². The molecule has 1 amide bonds. The number of hydrogen-bond donors (Lipinski definition) is 1. The molecule has 0 aromatic heterocycles. The Bertz CT molecular complexity index is 725. The van der Waals surface area contributed by atoms with Crippen LogP contribution in [0.1, 0.15) is 12.0 Å². The summed E-state index contributed by atoms with van der Waals surface area (Å²) in [5.74, 6) is -2.14. The van der Waals surface area contributed by atoms with Gasteiger partial charge in [-0.15, -0.1) is 0 Å². The second-order valence-corrected chi connectivity index (χ2v) is 8.13. The number of carbonyl (C=O) groups is 2. The largest absolute Gasteiger partial charge is 0.550 e. The van der Waals surface area contributed by atoms with Crippen molar-refractivity contribution in [1.29, 1.82) is 0 Å². The third-order valence-electron chi connectivity index (χ3n) is 6.17. The topological polar surface area (TPSA) is 64.9 Å². The van der Waals surface area contributed by atoms with Crippen molar-refractivity contribution in [3.63, 3.8) is 0 Å². The normalized spacial score (nSPS) is 30.7. The third-order valence-corrected chi connectivity index (χ3v) is 6.42. The first-order valence-corrected chi connectivity index (χ1v) is 9.66. The van der Waals surface area contributed by atoms with Crippen molar-refractivity contribution in [3.05, 3.63) is 47.0 Å². The maximum absolute atomic E-state index is 13.0. The number of nitrogens with one attached hydrogen (secondary N) is 1. The number of fused-ring (bicyclic) bond motifs is 2. The molecule has 2 bridgehead atoms. The van der Waals surface area contributed by atoms with Crippen LogP contribution in [0.25, 0.3) is 0 Å². The Morgan fingerprint density at radius 2 is 1.69 bits per heavy atom. The van der Waals surface area contributed by atoms with Crippen LogP contribution >= 0.6 is 11.6 Å². The first-order valence-electron chi connectivity index (χ1n) is 9.29. The van der Waals surface area contributed by atoms with Gasteiger partial charge >= 0.3 is 0 Å². The number of allylic oxidation sites excluding steroid dienone is 2. The number of carboxylic acid groups (broad SMARTS) is 1. The van der Waals surface area contributed by atoms with E-state index in [0.717, 1.165) is 31.1 Å². The lowest BCUT2D eigenvalue weighted by atomic mass is 9.82. The van der Waals surface area contributed by atoms with Gasteiger partial charge < -0.3 is 19.7 Å². The Morgan fingerprint density at radius 1 is 1.08 bits per heavy atom. The molecule has 2 aliphatic carbocycles. The van der Waals surface area contributed by atoms with E-state index in [1.54, 1.807) is 0 Å². The number of carbonyl (C=O) groups excluding carboxylic acids is 2. The summed E-state index contributed by atoms with van der Waals surface area (Å²) in [4.78, 5) is 27.8. The highest BCUT2D eigenvalue weighted by atomic mass is 35.5. The van der Waals surface area contributed by atoms with Crippen molar-refractivity contribution in [3.8, 4) is 0 Å². The second-order valence-electron chi connectivity index (χ2n) is 7.70. The Hall–Kier alpha value is -1.85. The molecule has 1 saturated carbocycles. The SMILES string of the molecule is O=C([O-])[C@@H]1[C@@H](C(=O)N2CC[NH+](Cc3ccc(Cl)cc3)CC2)[C@@H]2C=C[C@H]1C2. The van der Waals surface area contributed by atoms with Crippen molar-refractivity contribution in [2.75, 3.05) is 26.2 Å². The zero-order valence-corrected chi connectivity index (χ0v) is 15.3. The minimum absolute atomic E-state index is 0.00147. The van der Waals surface area contributed by atoms with Crippen LogP contribution in [0.15, 0.2) is 36.4 Å². The van der Waals surface area contributed by atoms with Gasteiger partial charge in [0.1, 0.15) is 6.54 Å². The van der Waals surface area contributed by atoms with Crippen LogP contribution in [0.2, 0.25) is 5.02 Å². The number of rotatable bonds is 4. The molecule has 5 nitrogen and oxygen atoms in total. The van der Waals surface area contributed by atoms with E-state index in [0.29, 0.717) is 13.1 Å². The van der Waals surface area contributed by atoms with Crippen LogP contribution in [0.4, 0.5) is 0 Å². The van der Waals surface area contributed by atoms with E-state index < -0.39 is 17.8 Å². The van der Waals surface area contributed by atoms with Crippen LogP contribution in [-0.2, 0) is 16.1 Å². The predicted octanol–water partition coefficient (Wildman–Crippen LogP) is -0.245. The second kappa shape index (κ2) is 7.05. The highest BCUT2D eigenvalue weighted by molar-refractivity contribution is 6.30. The molecule has 1 aromatic carbocycles. The number of nitrogens with zero attached hydrogens (tertiary/aromatic N) is 1. The van der Waals surface area contributed by atoms with Gasteiger partial charge in [0.25, 0.3) is 0 Å². The Morgan fingerprint density at radius 3 is 2.31 bits per heavy atom. The number of aliphatic carboxylic acids is 1. The summed E-state index contributed by atoms with van der Waals surface area (Å²) in [6.45, 7) is 4.03. The van der Waals surface area contributed by atoms with E-state index in [2.05, 4.69) is 0 Å². The summed E-state index contributed by atoms with van der Waals surface area (Å²) < 4.78 is 0. The molecule has 0 radical (unpaired) electrons. The average Bonchev–Trinajstić information content (AvgIpc) is 3.25. The molecule has 1 aromatic rings. The lowest BCUT2D eigenvalue weighted by Crippen LogP contribution is -3.13. The smallest absolute Gasteiger partial charge is 0.227 e. The molecule has 2 fully saturated rings. The highest BCUT2D eigenvalue weighted by Crippen LogP contribution is 2.48. The van der Waals surface area contributed by atoms with Gasteiger partial charge in [-0.2, -0.15) is 0 Å². The molecule has 3 aliphatic rings. The van der Waals surface area contributed by atoms with Crippen LogP contribution in [0.5, 0.6) is 0 Å². The summed E-state index contributed by atoms with van der Waals surface area (Å²) in [6.07, 6.45) is 4.74. The third kappa shape index (κ3) is 3.26. The summed E-state index contributed by atoms with van der Waals surface area (Å²) in [7, 11) is 0. The molecule has 1 heterocycles. The molecule has 4 rings (SSSR count). The van der Waals surface area contributed by atoms with E-state index in [-0.39, 0.29) is 17.7 Å². The number of carboxylic acids is 1. The van der Waals surface area contributed by atoms with Gasteiger partial charge in [-0.1, -0.05) is 35.9 Å². The summed E-state index contributed by atoms with van der Waals surface area (Å²) in [5.41, 5.74) is 1.24. The van der Waals surface area contributed by atoms with Gasteiger partial charge in [0.2, 0.25) is 5.91 Å². The zero-order chi connectivity index (χ0) is 18.3. The molecule has 4 atom stereocenters. The van der Waals surface area contributed by atoms with Crippen LogP contribution < -0.4 is 10.0 Å². The van der Waals surface area contributed by atoms with Gasteiger partial charge in [0.15, 0.2) is 0 Å². The lowest BCUT2D eigenvalue weighted by molar-refractivity contribution is -0.917. The van der Waals surface area contributed by atoms with Gasteiger partial charge in [-0.05, 0) is 30.4 Å². The summed E-state index contributed by atoms with van der Waals surface area (Å²) in [6, 6.07) is 7.88. The first kappa shape index (κ1) is 17.6. The number of hydrogen-bond acceptors (Lipinski definition) is 3. The maximum Gasteiger partial charge on any atom is 0.227 e. The van der Waals surface area contributed by atoms with E-state index >= 15 is 0 Å². The first-order chi connectivity index (χ1) is 12.5. The number of amides is 1. The van der Waals surface area contributed by atoms with Crippen LogP contribution in [0.3, 0.4) is 0 Å². The fraction of sp³-hybridized carbons (Fsp3) is 0.500. The van der Waals surface area contributed by atoms with Gasteiger partial charge in [0, 0.05) is 22.5 Å². The van der Waals surface area contributed by atoms with Gasteiger partial charge in [-0.3, -0.25) is 4.79 Å². The van der Waals surface area contributed by atoms with Crippen LogP contribution in [0, 0.1) is 23.7 Å². The van der Waals surface area contributed by atoms with Gasteiger partial charge in [0.05, 0.1) is 32.1 Å². The van der Waals surface area contributed by atoms with E-state index in [9.17, 15) is 14.7 Å². The molecule has 26 heavy (non-hydrogen) atoms. The fourth-order valence-corrected chi connectivity index (χ4v) is 4.93. The number of halogens is 1. The van der Waals surface area contributed by atoms with Crippen LogP contribution in [-0.4, -0.2) is 43.0 Å². The predicted molar refractivity (Wildman–Crippen MR) is 95.2 cm³/mol. The molecular weight excluding hydrogens is 352 g/mol. The molecule has 138 valence electrons. The molecule has 0 spiro atoms. The standard InChI is InChI=1S/C20H23ClN2O3/c21-16-5-1-13(2-6-16)12-22-7-9-23(10-8-22)19(24)17-14-3-4-15(11-14)18(17)20(25)26/h1-6,14-15,17-18H,7-12H2,(H,25,26)/t14-,15+,17+,18+/m1/s1. The molecule has 6 heteroatoms. The Balaban J connectivity index is 1.36. The Labute approximate surface area is 158 Å². The maximum atomic E-state index is 13.0. The molecule has 1 aliphatic heterocycles. The average molecular weight is 375 g/mol. The number of piperazine rings is 1. The van der Waals surface area contributed by atoms with Crippen molar-refractivity contribution in [2.45, 2.75) is 13.0 Å². The van der Waals surface area contributed by atoms with E-state index in [4.69, 9.17) is 11.6 Å². The molecular formula is C20H23ClN2O3. The minimum atomic E-state index is -1.08. The van der Waals surface area contributed by atoms with Crippen molar-refractivity contribution in [2.24, 2.45) is 23.7 Å². The fourth-order valence-electron chi connectivity index (χ4n) is 4.80. The number of benzene rings is 1. The van der Waals surface area contributed by atoms with E-state index in [1.807, 2.05) is 41.3 Å². The lowest BCUT2D eigenvalue weighted by Gasteiger charge is -2.37. The monoisotopic (exact) mass is 374 g/mol. The minimum Gasteiger partial charge on any atom is -0.550 e. The quantitative estimate of drug-likeness (QED) is 0.739. The van der Waals surface area contributed by atoms with Crippen molar-refractivity contribution >= 4 is 23.5 Å². The molecule has 1 saturated heterocycles. The Kier molecular flexibility index (Phi) is 4.76.